The molecule has 0 saturated carbocycles. The molecule has 1 heteroatoms. The van der Waals surface area contributed by atoms with E-state index in [1.807, 2.05) is 13.8 Å². The molecule has 0 bridgehead atoms. The molecule has 0 radical (unpaired) electrons. The number of hydrogen-bond donors (Lipinski definition) is 1. The van der Waals surface area contributed by atoms with Gasteiger partial charge in [-0.1, -0.05) is 34.1 Å². The van der Waals surface area contributed by atoms with Crippen molar-refractivity contribution in [1.82, 2.24) is 5.32 Å². The first-order valence-corrected chi connectivity index (χ1v) is 5.56. The van der Waals surface area contributed by atoms with Gasteiger partial charge < -0.3 is 5.32 Å². The van der Waals surface area contributed by atoms with Gasteiger partial charge in [-0.25, -0.2) is 0 Å². The van der Waals surface area contributed by atoms with Gasteiger partial charge >= 0.3 is 0 Å². The maximum absolute atomic E-state index is 3.55. The second kappa shape index (κ2) is 7.60. The summed E-state index contributed by atoms with van der Waals surface area (Å²) in [5.41, 5.74) is 0. The van der Waals surface area contributed by atoms with Crippen LogP contribution in [-0.2, 0) is 0 Å². The van der Waals surface area contributed by atoms with Crippen LogP contribution in [0, 0.1) is 5.92 Å². The Morgan fingerprint density at radius 3 is 2.50 bits per heavy atom. The first-order valence-electron chi connectivity index (χ1n) is 5.56. The molecule has 12 heavy (non-hydrogen) atoms. The van der Waals surface area contributed by atoms with Crippen molar-refractivity contribution >= 4 is 0 Å². The maximum atomic E-state index is 3.55. The van der Waals surface area contributed by atoms with E-state index in [1.54, 1.807) is 0 Å². The predicted molar refractivity (Wildman–Crippen MR) is 56.4 cm³/mol. The lowest BCUT2D eigenvalue weighted by Crippen LogP contribution is -2.37. The van der Waals surface area contributed by atoms with E-state index in [-0.39, 0.29) is 0 Å². The van der Waals surface area contributed by atoms with E-state index < -0.39 is 0 Å². The molecule has 1 nitrogen and oxygen atoms in total. The lowest BCUT2D eigenvalue weighted by Gasteiger charge is -2.27. The van der Waals surface area contributed by atoms with E-state index in [2.05, 4.69) is 19.2 Å². The minimum Gasteiger partial charge on any atom is -0.314 e. The first-order chi connectivity index (χ1) is 5.83. The zero-order valence-corrected chi connectivity index (χ0v) is 9.19. The zero-order chi connectivity index (χ0) is 9.40. The standard InChI is InChI=1S/C9H19N.C2H6/c1-3-4-9-7-8(2)5-6-10-9;1-2/h8-10H,3-7H2,1-2H3;1-2H3. The Bertz CT molecular complexity index is 89.0. The minimum atomic E-state index is 0.828. The molecule has 2 atom stereocenters. The monoisotopic (exact) mass is 171 g/mol. The molecule has 1 fully saturated rings. The fourth-order valence-corrected chi connectivity index (χ4v) is 1.79. The van der Waals surface area contributed by atoms with E-state index in [0.29, 0.717) is 0 Å². The summed E-state index contributed by atoms with van der Waals surface area (Å²) in [5, 5.41) is 3.55. The SMILES string of the molecule is CC.CCCC1CC(C)CCN1. The molecule has 1 N–H and O–H groups in total. The summed E-state index contributed by atoms with van der Waals surface area (Å²) in [6.07, 6.45) is 5.46. The highest BCUT2D eigenvalue weighted by atomic mass is 14.9. The van der Waals surface area contributed by atoms with E-state index in [0.717, 1.165) is 12.0 Å². The van der Waals surface area contributed by atoms with Crippen molar-refractivity contribution in [2.75, 3.05) is 6.54 Å². The lowest BCUT2D eigenvalue weighted by molar-refractivity contribution is 0.306. The molecule has 0 aromatic rings. The normalized spacial score (nSPS) is 29.0. The van der Waals surface area contributed by atoms with Gasteiger partial charge in [0.05, 0.1) is 0 Å². The van der Waals surface area contributed by atoms with Crippen molar-refractivity contribution < 1.29 is 0 Å². The molecule has 2 unspecified atom stereocenters. The highest BCUT2D eigenvalue weighted by Crippen LogP contribution is 2.17. The predicted octanol–water partition coefficient (Wildman–Crippen LogP) is 3.20. The minimum absolute atomic E-state index is 0.828. The summed E-state index contributed by atoms with van der Waals surface area (Å²) in [4.78, 5) is 0. The highest BCUT2D eigenvalue weighted by Gasteiger charge is 2.16. The van der Waals surface area contributed by atoms with E-state index in [1.165, 1.54) is 32.2 Å². The average Bonchev–Trinajstić information content (AvgIpc) is 2.09. The quantitative estimate of drug-likeness (QED) is 0.673. The molecule has 1 aliphatic heterocycles. The van der Waals surface area contributed by atoms with Gasteiger partial charge in [-0.3, -0.25) is 0 Å². The van der Waals surface area contributed by atoms with Crippen LogP contribution in [0.3, 0.4) is 0 Å². The van der Waals surface area contributed by atoms with Crippen molar-refractivity contribution in [1.29, 1.82) is 0 Å². The topological polar surface area (TPSA) is 12.0 Å². The number of rotatable bonds is 2. The Labute approximate surface area is 77.9 Å². The van der Waals surface area contributed by atoms with Crippen molar-refractivity contribution in [3.05, 3.63) is 0 Å². The maximum Gasteiger partial charge on any atom is 0.00695 e. The summed E-state index contributed by atoms with van der Waals surface area (Å²) in [7, 11) is 0. The van der Waals surface area contributed by atoms with Crippen LogP contribution in [0.1, 0.15) is 53.4 Å². The molecule has 0 aliphatic carbocycles. The fourth-order valence-electron chi connectivity index (χ4n) is 1.79. The van der Waals surface area contributed by atoms with E-state index >= 15 is 0 Å². The molecule has 1 heterocycles. The van der Waals surface area contributed by atoms with Gasteiger partial charge in [0, 0.05) is 6.04 Å². The Balaban J connectivity index is 0.000000561. The van der Waals surface area contributed by atoms with Crippen molar-refractivity contribution in [3.63, 3.8) is 0 Å². The summed E-state index contributed by atoms with van der Waals surface area (Å²) < 4.78 is 0. The van der Waals surface area contributed by atoms with Crippen LogP contribution in [0.15, 0.2) is 0 Å². The largest absolute Gasteiger partial charge is 0.314 e. The third-order valence-corrected chi connectivity index (χ3v) is 2.39. The zero-order valence-electron chi connectivity index (χ0n) is 9.19. The molecule has 1 rings (SSSR count). The molecule has 1 saturated heterocycles. The van der Waals surface area contributed by atoms with Gasteiger partial charge in [0.15, 0.2) is 0 Å². The highest BCUT2D eigenvalue weighted by molar-refractivity contribution is 4.75. The molecule has 0 aromatic heterocycles. The van der Waals surface area contributed by atoms with Crippen LogP contribution in [0.2, 0.25) is 0 Å². The second-order valence-electron chi connectivity index (χ2n) is 3.57. The Morgan fingerprint density at radius 2 is 2.00 bits per heavy atom. The summed E-state index contributed by atoms with van der Waals surface area (Å²) in [6.45, 7) is 9.87. The van der Waals surface area contributed by atoms with Gasteiger partial charge in [-0.05, 0) is 31.7 Å². The number of nitrogens with one attached hydrogen (secondary N) is 1. The van der Waals surface area contributed by atoms with Crippen LogP contribution in [0.4, 0.5) is 0 Å². The second-order valence-corrected chi connectivity index (χ2v) is 3.57. The van der Waals surface area contributed by atoms with Crippen LogP contribution < -0.4 is 5.32 Å². The van der Waals surface area contributed by atoms with Crippen LogP contribution in [-0.4, -0.2) is 12.6 Å². The smallest absolute Gasteiger partial charge is 0.00695 e. The van der Waals surface area contributed by atoms with Gasteiger partial charge in [0.1, 0.15) is 0 Å². The van der Waals surface area contributed by atoms with Gasteiger partial charge in [0.2, 0.25) is 0 Å². The average molecular weight is 171 g/mol. The van der Waals surface area contributed by atoms with Crippen LogP contribution in [0.25, 0.3) is 0 Å². The van der Waals surface area contributed by atoms with E-state index in [4.69, 9.17) is 0 Å². The van der Waals surface area contributed by atoms with Crippen molar-refractivity contribution in [2.45, 2.75) is 59.4 Å². The van der Waals surface area contributed by atoms with Gasteiger partial charge in [-0.2, -0.15) is 0 Å². The summed E-state index contributed by atoms with van der Waals surface area (Å²) in [6, 6.07) is 0.828. The fraction of sp³-hybridized carbons (Fsp3) is 1.00. The Hall–Kier alpha value is -0.0400. The van der Waals surface area contributed by atoms with Crippen molar-refractivity contribution in [2.24, 2.45) is 5.92 Å². The summed E-state index contributed by atoms with van der Waals surface area (Å²) >= 11 is 0. The molecule has 1 aliphatic rings. The molecule has 0 amide bonds. The van der Waals surface area contributed by atoms with Crippen molar-refractivity contribution in [3.8, 4) is 0 Å². The molecular weight excluding hydrogens is 146 g/mol. The van der Waals surface area contributed by atoms with Crippen LogP contribution in [0.5, 0.6) is 0 Å². The lowest BCUT2D eigenvalue weighted by atomic mass is 9.92. The third-order valence-electron chi connectivity index (χ3n) is 2.39. The number of hydrogen-bond acceptors (Lipinski definition) is 1. The molecular formula is C11H25N. The number of piperidine rings is 1. The molecule has 0 aromatic carbocycles. The Morgan fingerprint density at radius 1 is 1.33 bits per heavy atom. The third kappa shape index (κ3) is 4.76. The molecule has 0 spiro atoms. The van der Waals surface area contributed by atoms with E-state index in [9.17, 15) is 0 Å². The first kappa shape index (κ1) is 12.0. The molecule has 74 valence electrons. The van der Waals surface area contributed by atoms with Gasteiger partial charge in [-0.15, -0.1) is 0 Å². The van der Waals surface area contributed by atoms with Crippen LogP contribution >= 0.6 is 0 Å². The van der Waals surface area contributed by atoms with Gasteiger partial charge in [0.25, 0.3) is 0 Å². The summed E-state index contributed by atoms with van der Waals surface area (Å²) in [5.74, 6) is 0.956. The Kier molecular flexibility index (Phi) is 7.58.